The minimum Gasteiger partial charge on any atom is -0.337 e. The van der Waals surface area contributed by atoms with Gasteiger partial charge in [-0.1, -0.05) is 48.5 Å². The van der Waals surface area contributed by atoms with Crippen molar-refractivity contribution < 1.29 is 4.79 Å². The molecule has 0 aliphatic rings. The molecular formula is C22H20N4OS. The molecule has 0 radical (unpaired) electrons. The molecule has 0 bridgehead atoms. The Bertz CT molecular complexity index is 1090. The zero-order valence-electron chi connectivity index (χ0n) is 15.7. The Morgan fingerprint density at radius 3 is 2.46 bits per heavy atom. The Labute approximate surface area is 167 Å². The molecule has 0 atom stereocenters. The molecule has 4 aromatic rings. The second-order valence-corrected chi connectivity index (χ2v) is 7.59. The van der Waals surface area contributed by atoms with Gasteiger partial charge < -0.3 is 4.90 Å². The van der Waals surface area contributed by atoms with Crippen LogP contribution in [-0.2, 0) is 6.54 Å². The summed E-state index contributed by atoms with van der Waals surface area (Å²) in [6.45, 7) is 2.38. The maximum Gasteiger partial charge on any atom is 0.265 e. The Balaban J connectivity index is 1.50. The number of hydrogen-bond donors (Lipinski definition) is 0. The van der Waals surface area contributed by atoms with Crippen LogP contribution in [0.3, 0.4) is 0 Å². The van der Waals surface area contributed by atoms with Gasteiger partial charge in [0.15, 0.2) is 0 Å². The van der Waals surface area contributed by atoms with Gasteiger partial charge in [-0.05, 0) is 19.1 Å². The highest BCUT2D eigenvalue weighted by Crippen LogP contribution is 2.28. The Kier molecular flexibility index (Phi) is 5.04. The zero-order valence-corrected chi connectivity index (χ0v) is 16.6. The summed E-state index contributed by atoms with van der Waals surface area (Å²) in [6.07, 6.45) is 3.75. The number of amides is 1. The highest BCUT2D eigenvalue weighted by Gasteiger charge is 2.20. The molecule has 0 saturated heterocycles. The first-order valence-electron chi connectivity index (χ1n) is 8.99. The third kappa shape index (κ3) is 3.73. The molecule has 0 spiro atoms. The summed E-state index contributed by atoms with van der Waals surface area (Å²) in [4.78, 5) is 19.9. The number of rotatable bonds is 5. The van der Waals surface area contributed by atoms with E-state index in [1.165, 1.54) is 11.3 Å². The third-order valence-corrected chi connectivity index (χ3v) is 5.63. The number of nitrogens with zero attached hydrogens (tertiary/aromatic N) is 4. The average molecular weight is 388 g/mol. The van der Waals surface area contributed by atoms with E-state index in [9.17, 15) is 4.79 Å². The number of carbonyl (C=O) groups excluding carboxylic acids is 1. The largest absolute Gasteiger partial charge is 0.337 e. The lowest BCUT2D eigenvalue weighted by atomic mass is 10.2. The maximum atomic E-state index is 13.0. The van der Waals surface area contributed by atoms with Crippen LogP contribution in [-0.4, -0.2) is 32.6 Å². The summed E-state index contributed by atoms with van der Waals surface area (Å²) in [5, 5.41) is 5.27. The molecule has 0 fully saturated rings. The molecular weight excluding hydrogens is 368 g/mol. The van der Waals surface area contributed by atoms with Crippen LogP contribution in [0.1, 0.15) is 20.9 Å². The standard InChI is InChI=1S/C22H20N4OS/c1-16-20(28-21(24-16)18-9-5-3-6-10-18)22(27)25(2)14-17-13-23-26(15-17)19-11-7-4-8-12-19/h3-13,15H,14H2,1-2H3. The van der Waals surface area contributed by atoms with E-state index >= 15 is 0 Å². The second-order valence-electron chi connectivity index (χ2n) is 6.59. The minimum absolute atomic E-state index is 0.0235. The van der Waals surface area contributed by atoms with Crippen LogP contribution in [0.2, 0.25) is 0 Å². The fourth-order valence-corrected chi connectivity index (χ4v) is 4.05. The van der Waals surface area contributed by atoms with Crippen molar-refractivity contribution in [2.45, 2.75) is 13.5 Å². The number of para-hydroxylation sites is 1. The van der Waals surface area contributed by atoms with Gasteiger partial charge in [0.25, 0.3) is 5.91 Å². The quantitative estimate of drug-likeness (QED) is 0.503. The van der Waals surface area contributed by atoms with E-state index in [4.69, 9.17) is 0 Å². The summed E-state index contributed by atoms with van der Waals surface area (Å²) >= 11 is 1.44. The number of carbonyl (C=O) groups is 1. The topological polar surface area (TPSA) is 51.0 Å². The molecule has 0 saturated carbocycles. The molecule has 1 amide bonds. The van der Waals surface area contributed by atoms with Crippen molar-refractivity contribution in [3.8, 4) is 16.3 Å². The van der Waals surface area contributed by atoms with Crippen molar-refractivity contribution in [3.05, 3.63) is 89.2 Å². The summed E-state index contributed by atoms with van der Waals surface area (Å²) in [5.41, 5.74) is 3.76. The first kappa shape index (κ1) is 18.1. The molecule has 28 heavy (non-hydrogen) atoms. The minimum atomic E-state index is -0.0235. The highest BCUT2D eigenvalue weighted by molar-refractivity contribution is 7.17. The monoisotopic (exact) mass is 388 g/mol. The molecule has 2 aromatic carbocycles. The lowest BCUT2D eigenvalue weighted by Gasteiger charge is -2.15. The molecule has 140 valence electrons. The van der Waals surface area contributed by atoms with Gasteiger partial charge in [-0.25, -0.2) is 9.67 Å². The van der Waals surface area contributed by atoms with Crippen LogP contribution in [0.25, 0.3) is 16.3 Å². The Morgan fingerprint density at radius 1 is 1.07 bits per heavy atom. The number of aromatic nitrogens is 3. The fraction of sp³-hybridized carbons (Fsp3) is 0.136. The summed E-state index contributed by atoms with van der Waals surface area (Å²) in [7, 11) is 1.81. The van der Waals surface area contributed by atoms with E-state index in [1.54, 1.807) is 11.1 Å². The van der Waals surface area contributed by atoms with E-state index in [0.29, 0.717) is 11.4 Å². The molecule has 4 rings (SSSR count). The van der Waals surface area contributed by atoms with E-state index in [-0.39, 0.29) is 5.91 Å². The van der Waals surface area contributed by atoms with Crippen LogP contribution in [0.15, 0.2) is 73.1 Å². The van der Waals surface area contributed by atoms with Gasteiger partial charge in [0.1, 0.15) is 9.88 Å². The van der Waals surface area contributed by atoms with Gasteiger partial charge in [0.05, 0.1) is 17.6 Å². The third-order valence-electron chi connectivity index (χ3n) is 4.43. The normalized spacial score (nSPS) is 10.8. The lowest BCUT2D eigenvalue weighted by Crippen LogP contribution is -2.25. The zero-order chi connectivity index (χ0) is 19.5. The van der Waals surface area contributed by atoms with Crippen molar-refractivity contribution in [3.63, 3.8) is 0 Å². The molecule has 0 unspecified atom stereocenters. The summed E-state index contributed by atoms with van der Waals surface area (Å²) < 4.78 is 1.82. The molecule has 2 aromatic heterocycles. The van der Waals surface area contributed by atoms with E-state index in [1.807, 2.05) is 85.5 Å². The number of benzene rings is 2. The molecule has 0 aliphatic heterocycles. The van der Waals surface area contributed by atoms with Crippen LogP contribution in [0, 0.1) is 6.92 Å². The predicted octanol–water partition coefficient (Wildman–Crippen LogP) is 4.58. The van der Waals surface area contributed by atoms with E-state index in [2.05, 4.69) is 10.1 Å². The predicted molar refractivity (Wildman–Crippen MR) is 112 cm³/mol. The second kappa shape index (κ2) is 7.78. The van der Waals surface area contributed by atoms with Crippen LogP contribution in [0.5, 0.6) is 0 Å². The van der Waals surface area contributed by atoms with Crippen LogP contribution < -0.4 is 0 Å². The van der Waals surface area contributed by atoms with Gasteiger partial charge in [-0.2, -0.15) is 5.10 Å². The van der Waals surface area contributed by atoms with Gasteiger partial charge >= 0.3 is 0 Å². The van der Waals surface area contributed by atoms with Gasteiger partial charge in [-0.15, -0.1) is 11.3 Å². The number of hydrogen-bond acceptors (Lipinski definition) is 4. The van der Waals surface area contributed by atoms with Crippen molar-refractivity contribution in [1.82, 2.24) is 19.7 Å². The van der Waals surface area contributed by atoms with Crippen LogP contribution in [0.4, 0.5) is 0 Å². The van der Waals surface area contributed by atoms with Crippen molar-refractivity contribution in [2.75, 3.05) is 7.05 Å². The molecule has 6 heteroatoms. The smallest absolute Gasteiger partial charge is 0.265 e. The first-order chi connectivity index (χ1) is 13.6. The Morgan fingerprint density at radius 2 is 1.75 bits per heavy atom. The molecule has 0 aliphatic carbocycles. The number of aryl methyl sites for hydroxylation is 1. The summed E-state index contributed by atoms with van der Waals surface area (Å²) in [6, 6.07) is 19.9. The molecule has 5 nitrogen and oxygen atoms in total. The first-order valence-corrected chi connectivity index (χ1v) is 9.81. The van der Waals surface area contributed by atoms with Crippen LogP contribution >= 0.6 is 11.3 Å². The van der Waals surface area contributed by atoms with Gasteiger partial charge in [-0.3, -0.25) is 4.79 Å². The van der Waals surface area contributed by atoms with Crippen molar-refractivity contribution in [1.29, 1.82) is 0 Å². The van der Waals surface area contributed by atoms with Crippen molar-refractivity contribution in [2.24, 2.45) is 0 Å². The molecule has 0 N–H and O–H groups in total. The summed E-state index contributed by atoms with van der Waals surface area (Å²) in [5.74, 6) is -0.0235. The fourth-order valence-electron chi connectivity index (χ4n) is 2.98. The average Bonchev–Trinajstić information content (AvgIpc) is 3.35. The highest BCUT2D eigenvalue weighted by atomic mass is 32.1. The van der Waals surface area contributed by atoms with Crippen molar-refractivity contribution >= 4 is 17.2 Å². The SMILES string of the molecule is Cc1nc(-c2ccccc2)sc1C(=O)N(C)Cc1cnn(-c2ccccc2)c1. The number of thiazole rings is 1. The molecule has 2 heterocycles. The maximum absolute atomic E-state index is 13.0. The Hall–Kier alpha value is -3.25. The van der Waals surface area contributed by atoms with E-state index < -0.39 is 0 Å². The van der Waals surface area contributed by atoms with Gasteiger partial charge in [0.2, 0.25) is 0 Å². The van der Waals surface area contributed by atoms with E-state index in [0.717, 1.165) is 27.5 Å². The van der Waals surface area contributed by atoms with Gasteiger partial charge in [0, 0.05) is 30.9 Å². The lowest BCUT2D eigenvalue weighted by molar-refractivity contribution is 0.0789.